The number of carbonyl (C=O) groups is 1. The molecule has 2 aromatic rings. The fraction of sp³-hybridized carbons (Fsp3) is 0.316. The molecule has 1 fully saturated rings. The Morgan fingerprint density at radius 1 is 1.27 bits per heavy atom. The molecule has 0 amide bonds. The predicted molar refractivity (Wildman–Crippen MR) is 107 cm³/mol. The van der Waals surface area contributed by atoms with Crippen LogP contribution in [0.4, 0.5) is 0 Å². The van der Waals surface area contributed by atoms with Crippen molar-refractivity contribution in [1.82, 2.24) is 4.90 Å². The molecule has 3 rings (SSSR count). The van der Waals surface area contributed by atoms with E-state index in [0.717, 1.165) is 28.5 Å². The lowest BCUT2D eigenvalue weighted by atomic mass is 10.2. The van der Waals surface area contributed by atoms with Gasteiger partial charge in [-0.15, -0.1) is 12.4 Å². The Bertz CT molecular complexity index is 730. The third-order valence-corrected chi connectivity index (χ3v) is 5.46. The maximum Gasteiger partial charge on any atom is 0.320 e. The summed E-state index contributed by atoms with van der Waals surface area (Å²) < 4.78 is 5.94. The summed E-state index contributed by atoms with van der Waals surface area (Å²) in [5.41, 5.74) is 0. The molecule has 1 atom stereocenters. The smallest absolute Gasteiger partial charge is 0.320 e. The molecule has 0 saturated carbocycles. The number of carboxylic acids is 1. The van der Waals surface area contributed by atoms with Crippen molar-refractivity contribution in [3.05, 3.63) is 53.6 Å². The Labute approximate surface area is 168 Å². The summed E-state index contributed by atoms with van der Waals surface area (Å²) in [5.74, 6) is -0.0204. The average Bonchev–Trinajstić information content (AvgIpc) is 3.07. The van der Waals surface area contributed by atoms with Gasteiger partial charge in [0.25, 0.3) is 0 Å². The number of hydrogen-bond donors (Lipinski definition) is 1. The van der Waals surface area contributed by atoms with Crippen LogP contribution in [0.3, 0.4) is 0 Å². The van der Waals surface area contributed by atoms with E-state index in [9.17, 15) is 9.90 Å². The zero-order chi connectivity index (χ0) is 17.6. The molecule has 1 heterocycles. The van der Waals surface area contributed by atoms with E-state index >= 15 is 0 Å². The molecule has 0 bridgehead atoms. The molecule has 2 aromatic carbocycles. The van der Waals surface area contributed by atoms with E-state index in [2.05, 4.69) is 0 Å². The van der Waals surface area contributed by atoms with E-state index in [-0.39, 0.29) is 18.4 Å². The first-order chi connectivity index (χ1) is 12.1. The van der Waals surface area contributed by atoms with Crippen LogP contribution in [0.25, 0.3) is 0 Å². The van der Waals surface area contributed by atoms with Crippen molar-refractivity contribution in [2.45, 2.75) is 28.7 Å². The van der Waals surface area contributed by atoms with E-state index in [1.54, 1.807) is 11.8 Å². The van der Waals surface area contributed by atoms with Gasteiger partial charge in [-0.1, -0.05) is 41.6 Å². The molecular weight excluding hydrogens is 393 g/mol. The van der Waals surface area contributed by atoms with Gasteiger partial charge in [-0.2, -0.15) is 0 Å². The van der Waals surface area contributed by atoms with Crippen molar-refractivity contribution in [3.8, 4) is 5.75 Å². The van der Waals surface area contributed by atoms with E-state index in [0.29, 0.717) is 24.6 Å². The summed E-state index contributed by atoms with van der Waals surface area (Å²) >= 11 is 7.73. The minimum Gasteiger partial charge on any atom is -0.491 e. The third kappa shape index (κ3) is 5.55. The Morgan fingerprint density at radius 3 is 2.77 bits per heavy atom. The van der Waals surface area contributed by atoms with Gasteiger partial charge in [0.05, 0.1) is 4.90 Å². The third-order valence-electron chi connectivity index (χ3n) is 4.16. The molecule has 0 unspecified atom stereocenters. The van der Waals surface area contributed by atoms with Crippen LogP contribution in [-0.4, -0.2) is 41.7 Å². The van der Waals surface area contributed by atoms with Crippen LogP contribution in [0.5, 0.6) is 5.75 Å². The van der Waals surface area contributed by atoms with Gasteiger partial charge in [0.15, 0.2) is 0 Å². The number of ether oxygens (including phenoxy) is 1. The average molecular weight is 414 g/mol. The van der Waals surface area contributed by atoms with Gasteiger partial charge in [-0.25, -0.2) is 0 Å². The fourth-order valence-electron chi connectivity index (χ4n) is 2.94. The molecule has 7 heteroatoms. The first-order valence-corrected chi connectivity index (χ1v) is 9.45. The van der Waals surface area contributed by atoms with Crippen LogP contribution in [0, 0.1) is 0 Å². The molecule has 1 aliphatic rings. The van der Waals surface area contributed by atoms with Gasteiger partial charge in [-0.3, -0.25) is 9.69 Å². The molecule has 0 radical (unpaired) electrons. The lowest BCUT2D eigenvalue weighted by molar-refractivity contribution is -0.142. The quantitative estimate of drug-likeness (QED) is 0.703. The molecular formula is C19H21Cl2NO3S. The molecule has 1 saturated heterocycles. The highest BCUT2D eigenvalue weighted by Gasteiger charge is 2.29. The van der Waals surface area contributed by atoms with Crippen molar-refractivity contribution in [2.24, 2.45) is 0 Å². The predicted octanol–water partition coefficient (Wildman–Crippen LogP) is 4.84. The Hall–Kier alpha value is -1.40. The molecule has 140 valence electrons. The first kappa shape index (κ1) is 20.9. The van der Waals surface area contributed by atoms with Crippen LogP contribution < -0.4 is 4.74 Å². The zero-order valence-corrected chi connectivity index (χ0v) is 16.5. The van der Waals surface area contributed by atoms with Crippen molar-refractivity contribution >= 4 is 41.7 Å². The standard InChI is InChI=1S/C19H20ClNO3S.ClH/c20-14-8-9-18(25-15-5-2-1-3-6-15)17(13-14)24-12-11-21-10-4-7-16(21)19(22)23;/h1-3,5-6,8-9,13,16H,4,7,10-12H2,(H,22,23);1H/t16-;/m0./s1. The van der Waals surface area contributed by atoms with Crippen molar-refractivity contribution in [1.29, 1.82) is 0 Å². The molecule has 26 heavy (non-hydrogen) atoms. The summed E-state index contributed by atoms with van der Waals surface area (Å²) in [6, 6.07) is 15.3. The Morgan fingerprint density at radius 2 is 2.04 bits per heavy atom. The fourth-order valence-corrected chi connectivity index (χ4v) is 4.00. The van der Waals surface area contributed by atoms with Crippen molar-refractivity contribution in [2.75, 3.05) is 19.7 Å². The van der Waals surface area contributed by atoms with Gasteiger partial charge in [-0.05, 0) is 49.7 Å². The second kappa shape index (κ2) is 10.1. The highest BCUT2D eigenvalue weighted by Crippen LogP contribution is 2.36. The maximum atomic E-state index is 11.2. The number of benzene rings is 2. The lowest BCUT2D eigenvalue weighted by Gasteiger charge is -2.21. The van der Waals surface area contributed by atoms with Crippen LogP contribution in [0.1, 0.15) is 12.8 Å². The second-order valence-corrected chi connectivity index (χ2v) is 7.44. The summed E-state index contributed by atoms with van der Waals surface area (Å²) in [5, 5.41) is 9.86. The van der Waals surface area contributed by atoms with Crippen LogP contribution in [0.15, 0.2) is 58.3 Å². The SMILES string of the molecule is Cl.O=C(O)[C@@H]1CCCN1CCOc1cc(Cl)ccc1Sc1ccccc1. The Kier molecular flexibility index (Phi) is 8.10. The van der Waals surface area contributed by atoms with Gasteiger partial charge < -0.3 is 9.84 Å². The molecule has 0 aliphatic carbocycles. The lowest BCUT2D eigenvalue weighted by Crippen LogP contribution is -2.38. The second-order valence-electron chi connectivity index (χ2n) is 5.89. The molecule has 1 N–H and O–H groups in total. The van der Waals surface area contributed by atoms with Gasteiger partial charge >= 0.3 is 5.97 Å². The zero-order valence-electron chi connectivity index (χ0n) is 14.1. The summed E-state index contributed by atoms with van der Waals surface area (Å²) in [6.07, 6.45) is 1.63. The highest BCUT2D eigenvalue weighted by molar-refractivity contribution is 7.99. The number of hydrogen-bond acceptors (Lipinski definition) is 4. The summed E-state index contributed by atoms with van der Waals surface area (Å²) in [4.78, 5) is 15.3. The number of nitrogens with zero attached hydrogens (tertiary/aromatic N) is 1. The van der Waals surface area contributed by atoms with Gasteiger partial charge in [0, 0.05) is 16.5 Å². The molecule has 1 aliphatic heterocycles. The minimum absolute atomic E-state index is 0. The van der Waals surface area contributed by atoms with Crippen LogP contribution >= 0.6 is 35.8 Å². The number of carboxylic acid groups (broad SMARTS) is 1. The van der Waals surface area contributed by atoms with Crippen molar-refractivity contribution < 1.29 is 14.6 Å². The van der Waals surface area contributed by atoms with Crippen LogP contribution in [0.2, 0.25) is 5.02 Å². The molecule has 0 aromatic heterocycles. The number of aliphatic carboxylic acids is 1. The number of rotatable bonds is 7. The normalized spacial score (nSPS) is 16.9. The molecule has 4 nitrogen and oxygen atoms in total. The maximum absolute atomic E-state index is 11.2. The minimum atomic E-state index is -0.749. The van der Waals surface area contributed by atoms with E-state index in [4.69, 9.17) is 16.3 Å². The monoisotopic (exact) mass is 413 g/mol. The highest BCUT2D eigenvalue weighted by atomic mass is 35.5. The molecule has 0 spiro atoms. The van der Waals surface area contributed by atoms with Crippen molar-refractivity contribution in [3.63, 3.8) is 0 Å². The van der Waals surface area contributed by atoms with E-state index in [1.807, 2.05) is 53.4 Å². The summed E-state index contributed by atoms with van der Waals surface area (Å²) in [7, 11) is 0. The van der Waals surface area contributed by atoms with Gasteiger partial charge in [0.2, 0.25) is 0 Å². The van der Waals surface area contributed by atoms with E-state index < -0.39 is 5.97 Å². The Balaban J connectivity index is 0.00000243. The first-order valence-electron chi connectivity index (χ1n) is 8.25. The topological polar surface area (TPSA) is 49.8 Å². The van der Waals surface area contributed by atoms with Crippen LogP contribution in [-0.2, 0) is 4.79 Å². The van der Waals surface area contributed by atoms with Gasteiger partial charge in [0.1, 0.15) is 18.4 Å². The van der Waals surface area contributed by atoms with E-state index in [1.165, 1.54) is 0 Å². The number of likely N-dealkylation sites (tertiary alicyclic amines) is 1. The largest absolute Gasteiger partial charge is 0.491 e. The summed E-state index contributed by atoms with van der Waals surface area (Å²) in [6.45, 7) is 1.84. The number of halogens is 2.